The zero-order valence-corrected chi connectivity index (χ0v) is 15.2. The Morgan fingerprint density at radius 2 is 2.08 bits per heavy atom. The number of amides is 1. The number of nitro benzene ring substituents is 1. The van der Waals surface area contributed by atoms with Gasteiger partial charge in [0.1, 0.15) is 5.75 Å². The highest BCUT2D eigenvalue weighted by Crippen LogP contribution is 2.24. The number of rotatable bonds is 6. The van der Waals surface area contributed by atoms with Gasteiger partial charge in [-0.1, -0.05) is 28.1 Å². The summed E-state index contributed by atoms with van der Waals surface area (Å²) < 4.78 is 6.35. The van der Waals surface area contributed by atoms with Crippen molar-refractivity contribution in [1.82, 2.24) is 5.43 Å². The number of hydrazone groups is 1. The van der Waals surface area contributed by atoms with E-state index in [0.717, 1.165) is 4.47 Å². The van der Waals surface area contributed by atoms with Gasteiger partial charge in [0.05, 0.1) is 22.8 Å². The highest BCUT2D eigenvalue weighted by Gasteiger charge is 2.14. The van der Waals surface area contributed by atoms with E-state index in [9.17, 15) is 14.9 Å². The molecule has 2 aromatic carbocycles. The molecule has 1 amide bonds. The maximum atomic E-state index is 12.3. The highest BCUT2D eigenvalue weighted by atomic mass is 79.9. The van der Waals surface area contributed by atoms with Crippen molar-refractivity contribution in [2.24, 2.45) is 5.10 Å². The molecule has 2 rings (SSSR count). The lowest BCUT2D eigenvalue weighted by Crippen LogP contribution is -2.20. The third-order valence-corrected chi connectivity index (χ3v) is 3.50. The van der Waals surface area contributed by atoms with E-state index in [0.29, 0.717) is 16.9 Å². The van der Waals surface area contributed by atoms with Crippen LogP contribution in [-0.2, 0) is 0 Å². The Balaban J connectivity index is 2.13. The van der Waals surface area contributed by atoms with Crippen molar-refractivity contribution in [3.8, 4) is 5.75 Å². The van der Waals surface area contributed by atoms with Crippen molar-refractivity contribution in [2.75, 3.05) is 0 Å². The first-order chi connectivity index (χ1) is 11.9. The van der Waals surface area contributed by atoms with Crippen molar-refractivity contribution in [3.05, 3.63) is 68.2 Å². The number of benzene rings is 2. The van der Waals surface area contributed by atoms with Gasteiger partial charge >= 0.3 is 0 Å². The lowest BCUT2D eigenvalue weighted by molar-refractivity contribution is -0.384. The number of nitrogens with one attached hydrogen (secondary N) is 1. The second-order valence-electron chi connectivity index (χ2n) is 5.36. The fourth-order valence-electron chi connectivity index (χ4n) is 1.98. The Kier molecular flexibility index (Phi) is 6.24. The molecule has 0 unspecified atom stereocenters. The van der Waals surface area contributed by atoms with Gasteiger partial charge in [-0.25, -0.2) is 5.43 Å². The Morgan fingerprint density at radius 1 is 1.32 bits per heavy atom. The first kappa shape index (κ1) is 18.6. The Labute approximate surface area is 153 Å². The van der Waals surface area contributed by atoms with Gasteiger partial charge in [0.25, 0.3) is 11.6 Å². The molecule has 25 heavy (non-hydrogen) atoms. The molecule has 0 aliphatic heterocycles. The van der Waals surface area contributed by atoms with E-state index >= 15 is 0 Å². The van der Waals surface area contributed by atoms with E-state index in [4.69, 9.17) is 4.74 Å². The minimum absolute atomic E-state index is 0.0464. The average Bonchev–Trinajstić information content (AvgIpc) is 2.56. The monoisotopic (exact) mass is 405 g/mol. The van der Waals surface area contributed by atoms with Gasteiger partial charge in [0, 0.05) is 22.2 Å². The lowest BCUT2D eigenvalue weighted by atomic mass is 10.2. The average molecular weight is 406 g/mol. The molecule has 0 aromatic heterocycles. The van der Waals surface area contributed by atoms with Gasteiger partial charge in [-0.05, 0) is 32.0 Å². The van der Waals surface area contributed by atoms with Gasteiger partial charge < -0.3 is 4.74 Å². The molecule has 0 fully saturated rings. The molecule has 2 aromatic rings. The second-order valence-corrected chi connectivity index (χ2v) is 6.27. The number of non-ortho nitro benzene ring substituents is 1. The number of hydrogen-bond acceptors (Lipinski definition) is 5. The van der Waals surface area contributed by atoms with Crippen molar-refractivity contribution in [1.29, 1.82) is 0 Å². The first-order valence-electron chi connectivity index (χ1n) is 7.41. The summed E-state index contributed by atoms with van der Waals surface area (Å²) >= 11 is 3.32. The van der Waals surface area contributed by atoms with E-state index in [-0.39, 0.29) is 11.8 Å². The maximum Gasteiger partial charge on any atom is 0.275 e. The van der Waals surface area contributed by atoms with E-state index in [2.05, 4.69) is 26.5 Å². The molecule has 7 nitrogen and oxygen atoms in total. The number of carbonyl (C=O) groups is 1. The quantitative estimate of drug-likeness (QED) is 0.447. The van der Waals surface area contributed by atoms with Crippen molar-refractivity contribution >= 4 is 33.7 Å². The molecule has 0 heterocycles. The Bertz CT molecular complexity index is 821. The molecular weight excluding hydrogens is 390 g/mol. The molecule has 0 saturated heterocycles. The van der Waals surface area contributed by atoms with E-state index in [1.807, 2.05) is 13.8 Å². The van der Waals surface area contributed by atoms with E-state index in [1.165, 1.54) is 18.3 Å². The summed E-state index contributed by atoms with van der Waals surface area (Å²) in [6.45, 7) is 3.73. The smallest absolute Gasteiger partial charge is 0.275 e. The minimum atomic E-state index is -0.493. The predicted octanol–water partition coefficient (Wildman–Crippen LogP) is 3.91. The Hall–Kier alpha value is -2.74. The van der Waals surface area contributed by atoms with Crippen LogP contribution >= 0.6 is 15.9 Å². The third-order valence-electron chi connectivity index (χ3n) is 3.01. The van der Waals surface area contributed by atoms with Crippen LogP contribution in [0.15, 0.2) is 52.0 Å². The summed E-state index contributed by atoms with van der Waals surface area (Å²) in [6, 6.07) is 11.0. The normalized spacial score (nSPS) is 10.9. The second kappa shape index (κ2) is 8.39. The molecule has 0 aliphatic carbocycles. The number of ether oxygens (including phenoxy) is 1. The van der Waals surface area contributed by atoms with Crippen LogP contribution in [0.3, 0.4) is 0 Å². The van der Waals surface area contributed by atoms with Gasteiger partial charge in [0.2, 0.25) is 0 Å². The molecule has 0 radical (unpaired) electrons. The summed E-state index contributed by atoms with van der Waals surface area (Å²) in [4.78, 5) is 22.6. The Morgan fingerprint density at radius 3 is 2.76 bits per heavy atom. The zero-order valence-electron chi connectivity index (χ0n) is 13.6. The van der Waals surface area contributed by atoms with Crippen molar-refractivity contribution in [2.45, 2.75) is 20.0 Å². The summed E-state index contributed by atoms with van der Waals surface area (Å²) in [5.74, 6) is -0.000111. The summed E-state index contributed by atoms with van der Waals surface area (Å²) in [6.07, 6.45) is 1.26. The van der Waals surface area contributed by atoms with Crippen molar-refractivity contribution < 1.29 is 14.5 Å². The van der Waals surface area contributed by atoms with Gasteiger partial charge in [-0.3, -0.25) is 14.9 Å². The molecule has 8 heteroatoms. The van der Waals surface area contributed by atoms with E-state index in [1.54, 1.807) is 30.3 Å². The fraction of sp³-hybridized carbons (Fsp3) is 0.176. The SMILES string of the molecule is CC(C)Oc1ccc(Br)cc1C(=O)NN=Cc1cccc([N+](=O)[O-])c1. The molecule has 0 spiro atoms. The number of nitrogens with zero attached hydrogens (tertiary/aromatic N) is 2. The van der Waals surface area contributed by atoms with Crippen LogP contribution in [-0.4, -0.2) is 23.1 Å². The van der Waals surface area contributed by atoms with Crippen LogP contribution in [0.2, 0.25) is 0 Å². The molecule has 0 atom stereocenters. The molecule has 0 saturated carbocycles. The van der Waals surface area contributed by atoms with Crippen LogP contribution < -0.4 is 10.2 Å². The number of carbonyl (C=O) groups excluding carboxylic acids is 1. The molecule has 0 bridgehead atoms. The van der Waals surface area contributed by atoms with E-state index < -0.39 is 10.8 Å². The predicted molar refractivity (Wildman–Crippen MR) is 98.1 cm³/mol. The largest absolute Gasteiger partial charge is 0.490 e. The molecular formula is C17H16BrN3O4. The van der Waals surface area contributed by atoms with Gasteiger partial charge in [0.15, 0.2) is 0 Å². The van der Waals surface area contributed by atoms with Gasteiger partial charge in [-0.2, -0.15) is 5.10 Å². The lowest BCUT2D eigenvalue weighted by Gasteiger charge is -2.13. The fourth-order valence-corrected chi connectivity index (χ4v) is 2.34. The topological polar surface area (TPSA) is 93.8 Å². The summed E-state index contributed by atoms with van der Waals surface area (Å²) in [5, 5.41) is 14.6. The number of nitro groups is 1. The zero-order chi connectivity index (χ0) is 18.4. The van der Waals surface area contributed by atoms with Crippen LogP contribution in [0, 0.1) is 10.1 Å². The summed E-state index contributed by atoms with van der Waals surface area (Å²) in [5.41, 5.74) is 3.19. The molecule has 130 valence electrons. The van der Waals surface area contributed by atoms with Crippen molar-refractivity contribution in [3.63, 3.8) is 0 Å². The van der Waals surface area contributed by atoms with Gasteiger partial charge in [-0.15, -0.1) is 0 Å². The van der Waals surface area contributed by atoms with Crippen LogP contribution in [0.4, 0.5) is 5.69 Å². The minimum Gasteiger partial charge on any atom is -0.490 e. The highest BCUT2D eigenvalue weighted by molar-refractivity contribution is 9.10. The third kappa shape index (κ3) is 5.39. The molecule has 1 N–H and O–H groups in total. The number of halogens is 1. The standard InChI is InChI=1S/C17H16BrN3O4/c1-11(2)25-16-7-6-13(18)9-15(16)17(22)20-19-10-12-4-3-5-14(8-12)21(23)24/h3-11H,1-2H3,(H,20,22). The van der Waals surface area contributed by atoms with Crippen LogP contribution in [0.25, 0.3) is 0 Å². The number of hydrogen-bond donors (Lipinski definition) is 1. The van der Waals surface area contributed by atoms with Crippen LogP contribution in [0.5, 0.6) is 5.75 Å². The maximum absolute atomic E-state index is 12.3. The first-order valence-corrected chi connectivity index (χ1v) is 8.20. The summed E-state index contributed by atoms with van der Waals surface area (Å²) in [7, 11) is 0. The van der Waals surface area contributed by atoms with Crippen LogP contribution in [0.1, 0.15) is 29.8 Å². The molecule has 0 aliphatic rings.